The van der Waals surface area contributed by atoms with Gasteiger partial charge in [0.05, 0.1) is 6.61 Å². The van der Waals surface area contributed by atoms with Crippen LogP contribution >= 0.6 is 29.8 Å². The van der Waals surface area contributed by atoms with E-state index in [4.69, 9.17) is 20.6 Å². The Bertz CT molecular complexity index is 768. The molecule has 0 aliphatic heterocycles. The number of hydrogen-bond donors (Lipinski definition) is 1. The smallest absolute Gasteiger partial charge is 0.417 e. The molecular weight excluding hydrogens is 393 g/mol. The summed E-state index contributed by atoms with van der Waals surface area (Å²) in [4.78, 5) is 12.2. The highest BCUT2D eigenvalue weighted by molar-refractivity contribution is 8.55. The molecule has 26 heavy (non-hydrogen) atoms. The molecule has 2 aromatic carbocycles. The molecule has 0 saturated heterocycles. The normalized spacial score (nSPS) is 13.0. The summed E-state index contributed by atoms with van der Waals surface area (Å²) in [6.07, 6.45) is 0.876. The molecule has 0 saturated carbocycles. The number of rotatable bonds is 9. The van der Waals surface area contributed by atoms with E-state index in [9.17, 15) is 9.36 Å². The van der Waals surface area contributed by atoms with Crippen molar-refractivity contribution in [3.63, 3.8) is 0 Å². The van der Waals surface area contributed by atoms with Gasteiger partial charge in [-0.1, -0.05) is 18.5 Å². The van der Waals surface area contributed by atoms with Crippen molar-refractivity contribution in [2.45, 2.75) is 20.3 Å². The van der Waals surface area contributed by atoms with Gasteiger partial charge in [-0.15, -0.1) is 0 Å². The lowest BCUT2D eigenvalue weighted by molar-refractivity contribution is 0.102. The van der Waals surface area contributed by atoms with Crippen LogP contribution in [0.15, 0.2) is 48.5 Å². The first-order chi connectivity index (χ1) is 12.5. The number of benzene rings is 2. The second-order valence-electron chi connectivity index (χ2n) is 5.27. The van der Waals surface area contributed by atoms with E-state index in [0.717, 1.165) is 6.42 Å². The van der Waals surface area contributed by atoms with Crippen molar-refractivity contribution in [2.24, 2.45) is 0 Å². The van der Waals surface area contributed by atoms with Gasteiger partial charge in [-0.3, -0.25) is 9.32 Å². The average Bonchev–Trinajstić information content (AvgIpc) is 2.62. The molecule has 0 aromatic heterocycles. The molecule has 5 nitrogen and oxygen atoms in total. The highest BCUT2D eigenvalue weighted by Crippen LogP contribution is 2.60. The van der Waals surface area contributed by atoms with Crippen molar-refractivity contribution < 1.29 is 18.4 Å². The van der Waals surface area contributed by atoms with Gasteiger partial charge in [0.1, 0.15) is 5.75 Å². The first-order valence-corrected chi connectivity index (χ1v) is 11.7. The maximum absolute atomic E-state index is 12.7. The third kappa shape index (κ3) is 6.36. The van der Waals surface area contributed by atoms with E-state index in [1.165, 1.54) is 11.4 Å². The predicted octanol–water partition coefficient (Wildman–Crippen LogP) is 6.26. The van der Waals surface area contributed by atoms with E-state index in [2.05, 4.69) is 5.32 Å². The monoisotopic (exact) mass is 413 g/mol. The molecule has 1 amide bonds. The molecule has 140 valence electrons. The number of carbonyl (C=O) groups excluding carboxylic acids is 1. The third-order valence-electron chi connectivity index (χ3n) is 3.18. The Balaban J connectivity index is 2.01. The Morgan fingerprint density at radius 1 is 1.12 bits per heavy atom. The van der Waals surface area contributed by atoms with Crippen molar-refractivity contribution in [2.75, 3.05) is 17.7 Å². The zero-order valence-electron chi connectivity index (χ0n) is 14.6. The molecule has 0 radical (unpaired) electrons. The van der Waals surface area contributed by atoms with E-state index in [1.54, 1.807) is 55.5 Å². The van der Waals surface area contributed by atoms with E-state index >= 15 is 0 Å². The van der Waals surface area contributed by atoms with Crippen LogP contribution in [0.3, 0.4) is 0 Å². The predicted molar refractivity (Wildman–Crippen MR) is 108 cm³/mol. The van der Waals surface area contributed by atoms with E-state index < -0.39 is 6.80 Å². The quantitative estimate of drug-likeness (QED) is 0.491. The molecule has 1 unspecified atom stereocenters. The topological polar surface area (TPSA) is 64.6 Å². The molecule has 2 aromatic rings. The molecule has 8 heteroatoms. The van der Waals surface area contributed by atoms with Crippen LogP contribution in [0, 0.1) is 0 Å². The fraction of sp³-hybridized carbons (Fsp3) is 0.278. The van der Waals surface area contributed by atoms with Gasteiger partial charge < -0.3 is 9.84 Å². The van der Waals surface area contributed by atoms with Crippen LogP contribution in [0.4, 0.5) is 5.69 Å². The summed E-state index contributed by atoms with van der Waals surface area (Å²) in [6.45, 7) is 0.850. The molecule has 0 aliphatic carbocycles. The van der Waals surface area contributed by atoms with Gasteiger partial charge in [-0.2, -0.15) is 0 Å². The summed E-state index contributed by atoms with van der Waals surface area (Å²) in [5.41, 5.74) is 1.11. The first kappa shape index (κ1) is 20.8. The second kappa shape index (κ2) is 10.0. The summed E-state index contributed by atoms with van der Waals surface area (Å²) in [6, 6.07) is 13.3. The molecule has 0 bridgehead atoms. The summed E-state index contributed by atoms with van der Waals surface area (Å²) >= 11 is 7.01. The number of anilines is 1. The zero-order chi connectivity index (χ0) is 19.0. The minimum Gasteiger partial charge on any atom is -0.417 e. The van der Waals surface area contributed by atoms with Crippen LogP contribution in [0.25, 0.3) is 0 Å². The lowest BCUT2D eigenvalue weighted by atomic mass is 10.2. The number of nitrogens with one attached hydrogen (secondary N) is 1. The summed E-state index contributed by atoms with van der Waals surface area (Å²) in [7, 11) is 0. The fourth-order valence-electron chi connectivity index (χ4n) is 1.98. The van der Waals surface area contributed by atoms with Crippen molar-refractivity contribution in [1.82, 2.24) is 0 Å². The zero-order valence-corrected chi connectivity index (χ0v) is 17.1. The van der Waals surface area contributed by atoms with E-state index in [0.29, 0.717) is 34.4 Å². The molecular formula is C18H21ClNO4PS. The first-order valence-electron chi connectivity index (χ1n) is 8.21. The lowest BCUT2D eigenvalue weighted by Gasteiger charge is -2.17. The molecule has 0 heterocycles. The maximum Gasteiger partial charge on any atom is 0.440 e. The Morgan fingerprint density at radius 3 is 2.35 bits per heavy atom. The summed E-state index contributed by atoms with van der Waals surface area (Å²) in [5.74, 6) is 0.871. The van der Waals surface area contributed by atoms with Gasteiger partial charge in [0, 0.05) is 22.0 Å². The Labute approximate surface area is 162 Å². The molecule has 2 rings (SSSR count). The number of carbonyl (C=O) groups is 1. The van der Waals surface area contributed by atoms with Crippen LogP contribution in [-0.4, -0.2) is 18.3 Å². The van der Waals surface area contributed by atoms with Crippen molar-refractivity contribution in [3.8, 4) is 5.75 Å². The van der Waals surface area contributed by atoms with Gasteiger partial charge >= 0.3 is 6.80 Å². The second-order valence-corrected chi connectivity index (χ2v) is 9.83. The van der Waals surface area contributed by atoms with Crippen molar-refractivity contribution in [3.05, 3.63) is 59.1 Å². The summed E-state index contributed by atoms with van der Waals surface area (Å²) in [5, 5.41) is 3.36. The van der Waals surface area contributed by atoms with Gasteiger partial charge in [-0.25, -0.2) is 4.57 Å². The Kier molecular flexibility index (Phi) is 8.04. The Hall–Kier alpha value is -1.46. The molecule has 0 fully saturated rings. The van der Waals surface area contributed by atoms with Gasteiger partial charge in [0.15, 0.2) is 0 Å². The lowest BCUT2D eigenvalue weighted by Crippen LogP contribution is -2.11. The van der Waals surface area contributed by atoms with Crippen LogP contribution < -0.4 is 9.84 Å². The Morgan fingerprint density at radius 2 is 1.77 bits per heavy atom. The van der Waals surface area contributed by atoms with E-state index in [1.807, 2.05) is 6.92 Å². The van der Waals surface area contributed by atoms with Gasteiger partial charge in [-0.05, 0) is 73.3 Å². The van der Waals surface area contributed by atoms with Gasteiger partial charge in [0.2, 0.25) is 0 Å². The molecule has 0 spiro atoms. The summed E-state index contributed by atoms with van der Waals surface area (Å²) < 4.78 is 23.5. The van der Waals surface area contributed by atoms with Crippen molar-refractivity contribution >= 4 is 41.4 Å². The largest absolute Gasteiger partial charge is 0.440 e. The van der Waals surface area contributed by atoms with E-state index in [-0.39, 0.29) is 5.91 Å². The molecule has 0 aliphatic rings. The molecule has 1 N–H and O–H groups in total. The number of amides is 1. The van der Waals surface area contributed by atoms with Crippen LogP contribution in [0.1, 0.15) is 30.6 Å². The number of halogens is 1. The minimum atomic E-state index is -3.24. The van der Waals surface area contributed by atoms with Crippen LogP contribution in [0.2, 0.25) is 5.02 Å². The van der Waals surface area contributed by atoms with Crippen LogP contribution in [-0.2, 0) is 9.09 Å². The standard InChI is InChI=1S/C18H21ClNO4PS/c1-3-13-26-25(22,23-4-2)24-17-11-9-16(10-12-17)20-18(21)14-5-7-15(19)8-6-14/h5-12H,3-4,13H2,1-2H3,(H,20,21). The molecule has 1 atom stereocenters. The van der Waals surface area contributed by atoms with Crippen molar-refractivity contribution in [1.29, 1.82) is 0 Å². The third-order valence-corrected chi connectivity index (χ3v) is 7.38. The number of hydrogen-bond acceptors (Lipinski definition) is 5. The highest BCUT2D eigenvalue weighted by atomic mass is 35.5. The SMILES string of the molecule is CCCSP(=O)(OCC)Oc1ccc(NC(=O)c2ccc(Cl)cc2)cc1. The fourth-order valence-corrected chi connectivity index (χ4v) is 5.57. The van der Waals surface area contributed by atoms with Gasteiger partial charge in [0.25, 0.3) is 5.91 Å². The minimum absolute atomic E-state index is 0.242. The average molecular weight is 414 g/mol. The maximum atomic E-state index is 12.7. The van der Waals surface area contributed by atoms with Crippen LogP contribution in [0.5, 0.6) is 5.75 Å². The highest BCUT2D eigenvalue weighted by Gasteiger charge is 2.26.